The number of primary amides is 1. The molecule has 0 fully saturated rings. The summed E-state index contributed by atoms with van der Waals surface area (Å²) in [6, 6.07) is 8.04. The molecule has 0 aromatic heterocycles. The van der Waals surface area contributed by atoms with Crippen molar-refractivity contribution in [3.8, 4) is 0 Å². The van der Waals surface area contributed by atoms with Gasteiger partial charge in [0.15, 0.2) is 0 Å². The Labute approximate surface area is 172 Å². The van der Waals surface area contributed by atoms with Crippen LogP contribution in [0.4, 0.5) is 0 Å². The van der Waals surface area contributed by atoms with Crippen molar-refractivity contribution in [2.45, 2.75) is 58.3 Å². The molecule has 0 heterocycles. The Morgan fingerprint density at radius 3 is 2.31 bits per heavy atom. The van der Waals surface area contributed by atoms with E-state index in [-0.39, 0.29) is 18.4 Å². The quantitative estimate of drug-likeness (QED) is 0.374. The molecule has 0 spiro atoms. The van der Waals surface area contributed by atoms with Gasteiger partial charge in [0, 0.05) is 0 Å². The highest BCUT2D eigenvalue weighted by Gasteiger charge is 2.28. The van der Waals surface area contributed by atoms with E-state index in [9.17, 15) is 19.5 Å². The Hall–Kier alpha value is -2.45. The van der Waals surface area contributed by atoms with E-state index in [0.29, 0.717) is 19.3 Å². The topological polar surface area (TPSA) is 125 Å². The number of nitrogens with zero attached hydrogens (tertiary/aromatic N) is 1. The van der Waals surface area contributed by atoms with E-state index in [1.807, 2.05) is 51.1 Å². The number of aliphatic hydroxyl groups excluding tert-OH is 1. The molecule has 0 aliphatic rings. The number of rotatable bonds is 12. The van der Waals surface area contributed by atoms with Gasteiger partial charge in [0.25, 0.3) is 0 Å². The molecule has 8 heteroatoms. The van der Waals surface area contributed by atoms with Crippen LogP contribution >= 0.6 is 0 Å². The summed E-state index contributed by atoms with van der Waals surface area (Å²) in [5.41, 5.74) is 6.28. The smallest absolute Gasteiger partial charge is 0.240 e. The van der Waals surface area contributed by atoms with E-state index in [1.54, 1.807) is 11.9 Å². The molecule has 1 rings (SSSR count). The van der Waals surface area contributed by atoms with Gasteiger partial charge in [-0.1, -0.05) is 51.1 Å². The van der Waals surface area contributed by atoms with Crippen LogP contribution in [0.5, 0.6) is 0 Å². The number of likely N-dealkylation sites (N-methyl/N-ethyl adjacent to an activating group) is 1. The fraction of sp³-hybridized carbons (Fsp3) is 0.571. The number of hydrogen-bond donors (Lipinski definition) is 4. The van der Waals surface area contributed by atoms with Crippen LogP contribution in [0, 0.1) is 5.92 Å². The summed E-state index contributed by atoms with van der Waals surface area (Å²) in [6.07, 6.45) is 0.495. The maximum atomic E-state index is 12.8. The predicted molar refractivity (Wildman–Crippen MR) is 112 cm³/mol. The summed E-state index contributed by atoms with van der Waals surface area (Å²) in [5.74, 6) is -1.29. The SMILES string of the molecule is CCC(O)N(C)[C@@H](Cc1ccccc1)C(=O)NCC(=O)N[C@@H](CC(C)C)C(N)=O. The van der Waals surface area contributed by atoms with Gasteiger partial charge in [0.05, 0.1) is 12.6 Å². The molecule has 0 saturated heterocycles. The van der Waals surface area contributed by atoms with Crippen molar-refractivity contribution >= 4 is 17.7 Å². The molecule has 0 saturated carbocycles. The van der Waals surface area contributed by atoms with Crippen LogP contribution < -0.4 is 16.4 Å². The summed E-state index contributed by atoms with van der Waals surface area (Å²) < 4.78 is 0. The molecular formula is C21H34N4O4. The van der Waals surface area contributed by atoms with Gasteiger partial charge >= 0.3 is 0 Å². The third-order valence-corrected chi connectivity index (χ3v) is 4.71. The number of benzene rings is 1. The lowest BCUT2D eigenvalue weighted by atomic mass is 10.0. The van der Waals surface area contributed by atoms with Gasteiger partial charge in [-0.3, -0.25) is 19.3 Å². The van der Waals surface area contributed by atoms with E-state index in [0.717, 1.165) is 5.56 Å². The summed E-state index contributed by atoms with van der Waals surface area (Å²) in [7, 11) is 1.67. The standard InChI is InChI=1S/C21H34N4O4/c1-5-19(27)25(4)17(12-15-9-7-6-8-10-15)21(29)23-13-18(26)24-16(20(22)28)11-14(2)3/h6-10,14,16-17,19,27H,5,11-13H2,1-4H3,(H2,22,28)(H,23,29)(H,24,26)/t16-,17-,19?/m0/s1. The van der Waals surface area contributed by atoms with E-state index >= 15 is 0 Å². The van der Waals surface area contributed by atoms with Crippen LogP contribution in [0.25, 0.3) is 0 Å². The highest BCUT2D eigenvalue weighted by molar-refractivity contribution is 5.90. The van der Waals surface area contributed by atoms with Crippen LogP contribution in [0.15, 0.2) is 30.3 Å². The molecule has 0 aliphatic heterocycles. The van der Waals surface area contributed by atoms with Crippen molar-refractivity contribution in [1.29, 1.82) is 0 Å². The second-order valence-corrected chi connectivity index (χ2v) is 7.63. The van der Waals surface area contributed by atoms with Gasteiger partial charge in [0.1, 0.15) is 12.3 Å². The first-order chi connectivity index (χ1) is 13.6. The predicted octanol–water partition coefficient (Wildman–Crippen LogP) is 0.390. The van der Waals surface area contributed by atoms with Crippen LogP contribution in [0.3, 0.4) is 0 Å². The monoisotopic (exact) mass is 406 g/mol. The molecule has 29 heavy (non-hydrogen) atoms. The van der Waals surface area contributed by atoms with Crippen LogP contribution in [0.1, 0.15) is 39.2 Å². The number of carbonyl (C=O) groups is 3. The Morgan fingerprint density at radius 1 is 1.17 bits per heavy atom. The summed E-state index contributed by atoms with van der Waals surface area (Å²) >= 11 is 0. The largest absolute Gasteiger partial charge is 0.378 e. The van der Waals surface area contributed by atoms with Crippen molar-refractivity contribution in [2.24, 2.45) is 11.7 Å². The van der Waals surface area contributed by atoms with Crippen molar-refractivity contribution in [1.82, 2.24) is 15.5 Å². The Balaban J connectivity index is 2.75. The van der Waals surface area contributed by atoms with Crippen molar-refractivity contribution in [3.63, 3.8) is 0 Å². The molecule has 8 nitrogen and oxygen atoms in total. The van der Waals surface area contributed by atoms with Gasteiger partial charge in [-0.15, -0.1) is 0 Å². The number of hydrogen-bond acceptors (Lipinski definition) is 5. The van der Waals surface area contributed by atoms with E-state index < -0.39 is 30.1 Å². The van der Waals surface area contributed by atoms with Gasteiger partial charge < -0.3 is 21.5 Å². The molecule has 0 bridgehead atoms. The average molecular weight is 407 g/mol. The molecule has 1 aromatic carbocycles. The Morgan fingerprint density at radius 2 is 1.79 bits per heavy atom. The second-order valence-electron chi connectivity index (χ2n) is 7.63. The summed E-state index contributed by atoms with van der Waals surface area (Å²) in [6.45, 7) is 5.40. The lowest BCUT2D eigenvalue weighted by Gasteiger charge is -2.31. The van der Waals surface area contributed by atoms with E-state index in [4.69, 9.17) is 5.73 Å². The van der Waals surface area contributed by atoms with Crippen molar-refractivity contribution in [3.05, 3.63) is 35.9 Å². The summed E-state index contributed by atoms with van der Waals surface area (Å²) in [5, 5.41) is 15.3. The van der Waals surface area contributed by atoms with Crippen molar-refractivity contribution < 1.29 is 19.5 Å². The zero-order valence-corrected chi connectivity index (χ0v) is 17.7. The molecule has 1 unspecified atom stereocenters. The Kier molecular flexibility index (Phi) is 10.3. The summed E-state index contributed by atoms with van der Waals surface area (Å²) in [4.78, 5) is 38.1. The first kappa shape index (κ1) is 24.6. The molecular weight excluding hydrogens is 372 g/mol. The minimum absolute atomic E-state index is 0.182. The van der Waals surface area contributed by atoms with Gasteiger partial charge in [-0.25, -0.2) is 0 Å². The highest BCUT2D eigenvalue weighted by atomic mass is 16.3. The minimum atomic E-state index is -0.784. The van der Waals surface area contributed by atoms with Crippen LogP contribution in [-0.2, 0) is 20.8 Å². The van der Waals surface area contributed by atoms with E-state index in [2.05, 4.69) is 10.6 Å². The highest BCUT2D eigenvalue weighted by Crippen LogP contribution is 2.12. The maximum Gasteiger partial charge on any atom is 0.240 e. The lowest BCUT2D eigenvalue weighted by molar-refractivity contribution is -0.133. The first-order valence-electron chi connectivity index (χ1n) is 9.96. The number of amides is 3. The van der Waals surface area contributed by atoms with Crippen LogP contribution in [0.2, 0.25) is 0 Å². The number of nitrogens with one attached hydrogen (secondary N) is 2. The molecule has 1 aromatic rings. The Bertz CT molecular complexity index is 666. The molecule has 162 valence electrons. The molecule has 0 aliphatic carbocycles. The van der Waals surface area contributed by atoms with Gasteiger partial charge in [-0.2, -0.15) is 0 Å². The van der Waals surface area contributed by atoms with Crippen LogP contribution in [-0.4, -0.2) is 59.6 Å². The zero-order valence-electron chi connectivity index (χ0n) is 17.7. The van der Waals surface area contributed by atoms with Gasteiger partial charge in [-0.05, 0) is 37.8 Å². The first-order valence-corrected chi connectivity index (χ1v) is 9.96. The van der Waals surface area contributed by atoms with Gasteiger partial charge in [0.2, 0.25) is 17.7 Å². The number of nitrogens with two attached hydrogens (primary N) is 1. The molecule has 3 amide bonds. The molecule has 5 N–H and O–H groups in total. The molecule has 3 atom stereocenters. The zero-order chi connectivity index (χ0) is 22.0. The average Bonchev–Trinajstić information content (AvgIpc) is 2.68. The second kappa shape index (κ2) is 12.2. The number of aliphatic hydroxyl groups is 1. The third kappa shape index (κ3) is 8.62. The van der Waals surface area contributed by atoms with E-state index in [1.165, 1.54) is 0 Å². The third-order valence-electron chi connectivity index (χ3n) is 4.71. The van der Waals surface area contributed by atoms with Crippen molar-refractivity contribution in [2.75, 3.05) is 13.6 Å². The molecule has 0 radical (unpaired) electrons. The fourth-order valence-electron chi connectivity index (χ4n) is 3.00. The minimum Gasteiger partial charge on any atom is -0.378 e. The lowest BCUT2D eigenvalue weighted by Crippen LogP contribution is -2.53. The normalized spacial score (nSPS) is 14.3. The maximum absolute atomic E-state index is 12.8. The fourth-order valence-corrected chi connectivity index (χ4v) is 3.00. The number of carbonyl (C=O) groups excluding carboxylic acids is 3.